The Balaban J connectivity index is 1.96. The van der Waals surface area contributed by atoms with E-state index in [9.17, 15) is 4.79 Å². The Morgan fingerprint density at radius 2 is 1.82 bits per heavy atom. The summed E-state index contributed by atoms with van der Waals surface area (Å²) in [4.78, 5) is 21.0. The van der Waals surface area contributed by atoms with Gasteiger partial charge in [0.05, 0.1) is 22.6 Å². The summed E-state index contributed by atoms with van der Waals surface area (Å²) in [6.07, 6.45) is 1.60. The standard InChI is InChI=1S/C17H9ClN2O2/c18-10-5-6-16-11(7-10)15(21)8-17(22-16)14-9-19-12-3-1-2-4-13(12)20-14/h1-9H. The number of halogens is 1. The first-order valence-corrected chi connectivity index (χ1v) is 7.04. The van der Waals surface area contributed by atoms with Gasteiger partial charge in [-0.2, -0.15) is 0 Å². The summed E-state index contributed by atoms with van der Waals surface area (Å²) in [5.41, 5.74) is 2.38. The van der Waals surface area contributed by atoms with Crippen molar-refractivity contribution in [1.82, 2.24) is 9.97 Å². The number of aromatic nitrogens is 2. The van der Waals surface area contributed by atoms with Crippen molar-refractivity contribution in [2.75, 3.05) is 0 Å². The van der Waals surface area contributed by atoms with Crippen molar-refractivity contribution in [3.63, 3.8) is 0 Å². The molecule has 0 saturated heterocycles. The van der Waals surface area contributed by atoms with Gasteiger partial charge in [0.25, 0.3) is 0 Å². The number of para-hydroxylation sites is 2. The molecule has 0 amide bonds. The lowest BCUT2D eigenvalue weighted by atomic mass is 10.2. The monoisotopic (exact) mass is 308 g/mol. The normalized spacial score (nSPS) is 11.1. The summed E-state index contributed by atoms with van der Waals surface area (Å²) in [7, 11) is 0. The number of rotatable bonds is 1. The maximum absolute atomic E-state index is 12.2. The van der Waals surface area contributed by atoms with Gasteiger partial charge in [-0.05, 0) is 30.3 Å². The van der Waals surface area contributed by atoms with E-state index in [0.717, 1.165) is 11.0 Å². The fourth-order valence-corrected chi connectivity index (χ4v) is 2.50. The first kappa shape index (κ1) is 13.0. The minimum Gasteiger partial charge on any atom is -0.454 e. The van der Waals surface area contributed by atoms with Gasteiger partial charge in [-0.15, -0.1) is 0 Å². The average molecular weight is 309 g/mol. The van der Waals surface area contributed by atoms with E-state index in [-0.39, 0.29) is 5.43 Å². The van der Waals surface area contributed by atoms with Crippen LogP contribution < -0.4 is 5.43 Å². The smallest absolute Gasteiger partial charge is 0.193 e. The quantitative estimate of drug-likeness (QED) is 0.532. The molecule has 0 fully saturated rings. The van der Waals surface area contributed by atoms with E-state index in [4.69, 9.17) is 16.0 Å². The molecule has 2 aromatic heterocycles. The van der Waals surface area contributed by atoms with E-state index in [0.29, 0.717) is 27.4 Å². The van der Waals surface area contributed by atoms with E-state index >= 15 is 0 Å². The lowest BCUT2D eigenvalue weighted by Crippen LogP contribution is -2.01. The van der Waals surface area contributed by atoms with Crippen LogP contribution in [0.1, 0.15) is 0 Å². The minimum absolute atomic E-state index is 0.159. The molecule has 0 unspecified atom stereocenters. The predicted octanol–water partition coefficient (Wildman–Crippen LogP) is 4.06. The Morgan fingerprint density at radius 3 is 2.68 bits per heavy atom. The van der Waals surface area contributed by atoms with Crippen molar-refractivity contribution in [3.8, 4) is 11.5 Å². The molecule has 2 aromatic carbocycles. The molecule has 0 aliphatic carbocycles. The zero-order chi connectivity index (χ0) is 15.1. The van der Waals surface area contributed by atoms with Gasteiger partial charge in [0.2, 0.25) is 0 Å². The van der Waals surface area contributed by atoms with Gasteiger partial charge in [0.1, 0.15) is 11.3 Å². The van der Waals surface area contributed by atoms with Crippen LogP contribution >= 0.6 is 11.6 Å². The molecule has 2 heterocycles. The first-order valence-electron chi connectivity index (χ1n) is 6.66. The second kappa shape index (κ2) is 4.93. The number of nitrogens with zero attached hydrogens (tertiary/aromatic N) is 2. The fourth-order valence-electron chi connectivity index (χ4n) is 2.33. The number of hydrogen-bond acceptors (Lipinski definition) is 4. The van der Waals surface area contributed by atoms with Crippen molar-refractivity contribution in [2.24, 2.45) is 0 Å². The molecule has 0 atom stereocenters. The number of benzene rings is 2. The summed E-state index contributed by atoms with van der Waals surface area (Å²) >= 11 is 5.91. The Labute approximate surface area is 130 Å². The lowest BCUT2D eigenvalue weighted by Gasteiger charge is -2.04. The Hall–Kier alpha value is -2.72. The lowest BCUT2D eigenvalue weighted by molar-refractivity contribution is 0.616. The molecule has 0 saturated carbocycles. The third-order valence-corrected chi connectivity index (χ3v) is 3.63. The molecule has 5 heteroatoms. The molecule has 22 heavy (non-hydrogen) atoms. The van der Waals surface area contributed by atoms with E-state index in [1.165, 1.54) is 6.07 Å². The zero-order valence-corrected chi connectivity index (χ0v) is 12.0. The Morgan fingerprint density at radius 1 is 1.00 bits per heavy atom. The number of hydrogen-bond donors (Lipinski definition) is 0. The van der Waals surface area contributed by atoms with Gasteiger partial charge >= 0.3 is 0 Å². The molecule has 0 bridgehead atoms. The van der Waals surface area contributed by atoms with Crippen LogP contribution in [0.4, 0.5) is 0 Å². The van der Waals surface area contributed by atoms with Crippen LogP contribution in [0.3, 0.4) is 0 Å². The van der Waals surface area contributed by atoms with E-state index in [2.05, 4.69) is 9.97 Å². The third kappa shape index (κ3) is 2.14. The molecule has 0 radical (unpaired) electrons. The molecular weight excluding hydrogens is 300 g/mol. The zero-order valence-electron chi connectivity index (χ0n) is 11.3. The van der Waals surface area contributed by atoms with Gasteiger partial charge in [-0.1, -0.05) is 23.7 Å². The molecule has 0 N–H and O–H groups in total. The highest BCUT2D eigenvalue weighted by Crippen LogP contribution is 2.23. The summed E-state index contributed by atoms with van der Waals surface area (Å²) in [6.45, 7) is 0. The van der Waals surface area contributed by atoms with Gasteiger partial charge in [0, 0.05) is 11.1 Å². The van der Waals surface area contributed by atoms with E-state index in [1.807, 2.05) is 24.3 Å². The van der Waals surface area contributed by atoms with Crippen molar-refractivity contribution in [2.45, 2.75) is 0 Å². The second-order valence-corrected chi connectivity index (χ2v) is 5.30. The molecule has 4 aromatic rings. The van der Waals surface area contributed by atoms with Crippen LogP contribution in [0, 0.1) is 0 Å². The van der Waals surface area contributed by atoms with Gasteiger partial charge in [-0.3, -0.25) is 9.78 Å². The first-order chi connectivity index (χ1) is 10.7. The van der Waals surface area contributed by atoms with E-state index < -0.39 is 0 Å². The Bertz CT molecular complexity index is 1070. The van der Waals surface area contributed by atoms with Crippen LogP contribution in [0.2, 0.25) is 5.02 Å². The molecule has 4 nitrogen and oxygen atoms in total. The molecule has 0 aliphatic heterocycles. The van der Waals surface area contributed by atoms with Crippen LogP contribution in [-0.2, 0) is 0 Å². The van der Waals surface area contributed by atoms with Crippen LogP contribution in [-0.4, -0.2) is 9.97 Å². The number of fused-ring (bicyclic) bond motifs is 2. The van der Waals surface area contributed by atoms with Crippen molar-refractivity contribution in [1.29, 1.82) is 0 Å². The van der Waals surface area contributed by atoms with Crippen molar-refractivity contribution < 1.29 is 4.42 Å². The predicted molar refractivity (Wildman–Crippen MR) is 86.0 cm³/mol. The molecule has 0 spiro atoms. The molecule has 0 aliphatic rings. The molecular formula is C17H9ClN2O2. The molecule has 106 valence electrons. The molecule has 4 rings (SSSR count). The minimum atomic E-state index is -0.159. The fraction of sp³-hybridized carbons (Fsp3) is 0. The van der Waals surface area contributed by atoms with Crippen molar-refractivity contribution in [3.05, 3.63) is 70.0 Å². The third-order valence-electron chi connectivity index (χ3n) is 3.39. The average Bonchev–Trinajstić information content (AvgIpc) is 2.55. The summed E-state index contributed by atoms with van der Waals surface area (Å²) in [5, 5.41) is 0.947. The van der Waals surface area contributed by atoms with Gasteiger partial charge < -0.3 is 4.42 Å². The van der Waals surface area contributed by atoms with Crippen LogP contribution in [0.15, 0.2) is 63.9 Å². The van der Waals surface area contributed by atoms with Gasteiger partial charge in [0.15, 0.2) is 11.2 Å². The largest absolute Gasteiger partial charge is 0.454 e. The van der Waals surface area contributed by atoms with Gasteiger partial charge in [-0.25, -0.2) is 4.98 Å². The highest BCUT2D eigenvalue weighted by Gasteiger charge is 2.09. The highest BCUT2D eigenvalue weighted by molar-refractivity contribution is 6.31. The maximum Gasteiger partial charge on any atom is 0.193 e. The summed E-state index contributed by atoms with van der Waals surface area (Å²) in [6, 6.07) is 13.9. The second-order valence-electron chi connectivity index (χ2n) is 4.86. The Kier molecular flexibility index (Phi) is 2.91. The highest BCUT2D eigenvalue weighted by atomic mass is 35.5. The SMILES string of the molecule is O=c1cc(-c2cnc3ccccc3n2)oc2ccc(Cl)cc12. The van der Waals surface area contributed by atoms with Crippen molar-refractivity contribution >= 4 is 33.6 Å². The van der Waals surface area contributed by atoms with Crippen LogP contribution in [0.5, 0.6) is 0 Å². The topological polar surface area (TPSA) is 56.0 Å². The maximum atomic E-state index is 12.2. The summed E-state index contributed by atoms with van der Waals surface area (Å²) in [5.74, 6) is 0.387. The van der Waals surface area contributed by atoms with Crippen LogP contribution in [0.25, 0.3) is 33.5 Å². The summed E-state index contributed by atoms with van der Waals surface area (Å²) < 4.78 is 5.77. The van der Waals surface area contributed by atoms with E-state index in [1.54, 1.807) is 24.4 Å².